The number of imidazole rings is 1. The van der Waals surface area contributed by atoms with E-state index in [1.54, 1.807) is 42.9 Å². The van der Waals surface area contributed by atoms with Crippen LogP contribution < -0.4 is 10.5 Å². The molecule has 2 aromatic carbocycles. The van der Waals surface area contributed by atoms with Gasteiger partial charge in [-0.1, -0.05) is 12.1 Å². The number of rotatable bonds is 6. The van der Waals surface area contributed by atoms with Crippen molar-refractivity contribution in [1.82, 2.24) is 19.5 Å². The van der Waals surface area contributed by atoms with E-state index in [1.165, 1.54) is 19.2 Å². The normalized spacial score (nSPS) is 10.7. The zero-order chi connectivity index (χ0) is 21.1. The van der Waals surface area contributed by atoms with Crippen molar-refractivity contribution in [2.75, 3.05) is 7.11 Å². The Labute approximate surface area is 172 Å². The van der Waals surface area contributed by atoms with Gasteiger partial charge in [0.25, 0.3) is 0 Å². The fourth-order valence-electron chi connectivity index (χ4n) is 3.14. The maximum atomic E-state index is 13.5. The van der Waals surface area contributed by atoms with Crippen LogP contribution in [0.2, 0.25) is 0 Å². The van der Waals surface area contributed by atoms with E-state index < -0.39 is 5.91 Å². The average molecular weight is 403 g/mol. The first-order valence-electron chi connectivity index (χ1n) is 9.12. The minimum absolute atomic E-state index is 0.231. The molecule has 4 aromatic rings. The highest BCUT2D eigenvalue weighted by atomic mass is 19.1. The third-order valence-corrected chi connectivity index (χ3v) is 4.61. The Kier molecular flexibility index (Phi) is 5.21. The molecule has 2 heterocycles. The molecule has 0 unspecified atom stereocenters. The summed E-state index contributed by atoms with van der Waals surface area (Å²) < 4.78 is 20.6. The predicted molar refractivity (Wildman–Crippen MR) is 109 cm³/mol. The molecule has 2 aromatic heterocycles. The van der Waals surface area contributed by atoms with Gasteiger partial charge >= 0.3 is 6.01 Å². The lowest BCUT2D eigenvalue weighted by molar-refractivity contribution is 0.100. The molecule has 8 heteroatoms. The molecule has 0 saturated carbocycles. The van der Waals surface area contributed by atoms with E-state index in [0.717, 1.165) is 16.8 Å². The summed E-state index contributed by atoms with van der Waals surface area (Å²) in [5, 5.41) is 0. The molecule has 0 atom stereocenters. The molecule has 0 saturated heterocycles. The molecular formula is C22H18FN5O2. The van der Waals surface area contributed by atoms with E-state index in [9.17, 15) is 9.18 Å². The highest BCUT2D eigenvalue weighted by Gasteiger charge is 2.17. The van der Waals surface area contributed by atoms with Gasteiger partial charge in [0.05, 0.1) is 24.8 Å². The number of hydrogen-bond acceptors (Lipinski definition) is 5. The van der Waals surface area contributed by atoms with Gasteiger partial charge in [0.2, 0.25) is 5.91 Å². The van der Waals surface area contributed by atoms with Crippen LogP contribution in [-0.2, 0) is 6.54 Å². The van der Waals surface area contributed by atoms with Crippen molar-refractivity contribution < 1.29 is 13.9 Å². The van der Waals surface area contributed by atoms with E-state index in [4.69, 9.17) is 10.5 Å². The summed E-state index contributed by atoms with van der Waals surface area (Å²) in [7, 11) is 1.49. The summed E-state index contributed by atoms with van der Waals surface area (Å²) in [5.74, 6) is -0.798. The Hall–Kier alpha value is -4.07. The minimum Gasteiger partial charge on any atom is -0.467 e. The van der Waals surface area contributed by atoms with Crippen molar-refractivity contribution in [1.29, 1.82) is 0 Å². The lowest BCUT2D eigenvalue weighted by Crippen LogP contribution is -2.10. The van der Waals surface area contributed by atoms with Crippen LogP contribution in [0, 0.1) is 5.82 Å². The molecule has 0 bridgehead atoms. The maximum Gasteiger partial charge on any atom is 0.316 e. The summed E-state index contributed by atoms with van der Waals surface area (Å²) in [6.07, 6.45) is 3.29. The van der Waals surface area contributed by atoms with Crippen molar-refractivity contribution >= 4 is 5.91 Å². The molecule has 30 heavy (non-hydrogen) atoms. The van der Waals surface area contributed by atoms with Gasteiger partial charge in [0, 0.05) is 23.9 Å². The summed E-state index contributed by atoms with van der Waals surface area (Å²) >= 11 is 0. The Morgan fingerprint density at radius 2 is 1.80 bits per heavy atom. The summed E-state index contributed by atoms with van der Waals surface area (Å²) in [4.78, 5) is 24.3. The van der Waals surface area contributed by atoms with Crippen LogP contribution >= 0.6 is 0 Å². The molecule has 0 radical (unpaired) electrons. The van der Waals surface area contributed by atoms with Crippen LogP contribution in [0.4, 0.5) is 4.39 Å². The molecule has 0 spiro atoms. The van der Waals surface area contributed by atoms with Gasteiger partial charge in [-0.3, -0.25) is 4.79 Å². The van der Waals surface area contributed by atoms with E-state index in [1.807, 2.05) is 16.7 Å². The number of halogens is 1. The Bertz CT molecular complexity index is 1190. The minimum atomic E-state index is -0.476. The number of benzene rings is 2. The molecule has 7 nitrogen and oxygen atoms in total. The van der Waals surface area contributed by atoms with E-state index >= 15 is 0 Å². The van der Waals surface area contributed by atoms with Crippen LogP contribution in [0.3, 0.4) is 0 Å². The number of hydrogen-bond donors (Lipinski definition) is 1. The van der Waals surface area contributed by atoms with Crippen LogP contribution in [0.5, 0.6) is 6.01 Å². The number of amides is 1. The predicted octanol–water partition coefficient (Wildman–Crippen LogP) is 3.30. The number of primary amides is 1. The zero-order valence-electron chi connectivity index (χ0n) is 16.1. The number of aromatic nitrogens is 4. The molecule has 1 amide bonds. The van der Waals surface area contributed by atoms with Crippen LogP contribution in [0.1, 0.15) is 15.9 Å². The molecule has 2 N–H and O–H groups in total. The third kappa shape index (κ3) is 3.88. The first-order valence-corrected chi connectivity index (χ1v) is 9.12. The maximum absolute atomic E-state index is 13.5. The average Bonchev–Trinajstić information content (AvgIpc) is 3.18. The van der Waals surface area contributed by atoms with Crippen LogP contribution in [0.25, 0.3) is 22.6 Å². The lowest BCUT2D eigenvalue weighted by Gasteiger charge is -2.11. The monoisotopic (exact) mass is 403 g/mol. The standard InChI is InChI=1S/C22H18FN5O2/c1-30-22-25-11-10-18(27-22)19-20(15-6-8-17(23)9-7-15)28(13-26-19)12-14-2-4-16(5-3-14)21(24)29/h2-11,13H,12H2,1H3,(H2,24,29). The fraction of sp³-hybridized carbons (Fsp3) is 0.0909. The van der Waals surface area contributed by atoms with Gasteiger partial charge in [-0.15, -0.1) is 0 Å². The third-order valence-electron chi connectivity index (χ3n) is 4.61. The van der Waals surface area contributed by atoms with Crippen molar-refractivity contribution in [2.45, 2.75) is 6.54 Å². The molecular weight excluding hydrogens is 385 g/mol. The van der Waals surface area contributed by atoms with Crippen molar-refractivity contribution in [3.63, 3.8) is 0 Å². The second-order valence-electron chi connectivity index (χ2n) is 6.57. The second kappa shape index (κ2) is 8.12. The number of methoxy groups -OCH3 is 1. The molecule has 0 aliphatic carbocycles. The van der Waals surface area contributed by atoms with Gasteiger partial charge < -0.3 is 15.0 Å². The van der Waals surface area contributed by atoms with Gasteiger partial charge in [-0.25, -0.2) is 14.4 Å². The van der Waals surface area contributed by atoms with Crippen LogP contribution in [0.15, 0.2) is 67.1 Å². The molecule has 4 rings (SSSR count). The highest BCUT2D eigenvalue weighted by molar-refractivity contribution is 5.92. The summed E-state index contributed by atoms with van der Waals surface area (Å²) in [6.45, 7) is 0.487. The van der Waals surface area contributed by atoms with Crippen molar-refractivity contribution in [3.8, 4) is 28.7 Å². The molecule has 150 valence electrons. The number of carbonyl (C=O) groups is 1. The van der Waals surface area contributed by atoms with Gasteiger partial charge in [-0.2, -0.15) is 4.98 Å². The van der Waals surface area contributed by atoms with Crippen molar-refractivity contribution in [3.05, 3.63) is 84.1 Å². The number of nitrogens with two attached hydrogens (primary N) is 1. The number of carbonyl (C=O) groups excluding carboxylic acids is 1. The number of ether oxygens (including phenoxy) is 1. The SMILES string of the molecule is COc1nccc(-c2ncn(Cc3ccc(C(N)=O)cc3)c2-c2ccc(F)cc2)n1. The van der Waals surface area contributed by atoms with Gasteiger partial charge in [0.1, 0.15) is 11.5 Å². The topological polar surface area (TPSA) is 95.9 Å². The van der Waals surface area contributed by atoms with Gasteiger partial charge in [-0.05, 0) is 48.0 Å². The summed E-state index contributed by atoms with van der Waals surface area (Å²) in [5.41, 5.74) is 9.47. The summed E-state index contributed by atoms with van der Waals surface area (Å²) in [6, 6.07) is 15.2. The Morgan fingerprint density at radius 1 is 1.07 bits per heavy atom. The first-order chi connectivity index (χ1) is 14.5. The molecule has 0 aliphatic rings. The van der Waals surface area contributed by atoms with E-state index in [-0.39, 0.29) is 11.8 Å². The molecule has 0 aliphatic heterocycles. The second-order valence-corrected chi connectivity index (χ2v) is 6.57. The lowest BCUT2D eigenvalue weighted by atomic mass is 10.1. The Morgan fingerprint density at radius 3 is 2.47 bits per heavy atom. The zero-order valence-corrected chi connectivity index (χ0v) is 16.1. The fourth-order valence-corrected chi connectivity index (χ4v) is 3.14. The highest BCUT2D eigenvalue weighted by Crippen LogP contribution is 2.31. The Balaban J connectivity index is 1.79. The molecule has 0 fully saturated rings. The van der Waals surface area contributed by atoms with Gasteiger partial charge in [0.15, 0.2) is 0 Å². The van der Waals surface area contributed by atoms with Crippen LogP contribution in [-0.4, -0.2) is 32.5 Å². The smallest absolute Gasteiger partial charge is 0.316 e. The van der Waals surface area contributed by atoms with E-state index in [0.29, 0.717) is 23.5 Å². The van der Waals surface area contributed by atoms with Crippen molar-refractivity contribution in [2.24, 2.45) is 5.73 Å². The quantitative estimate of drug-likeness (QED) is 0.533. The van der Waals surface area contributed by atoms with E-state index in [2.05, 4.69) is 15.0 Å². The largest absolute Gasteiger partial charge is 0.467 e. The number of nitrogens with zero attached hydrogens (tertiary/aromatic N) is 4. The first kappa shape index (κ1) is 19.3.